The Labute approximate surface area is 170 Å². The Morgan fingerprint density at radius 1 is 1.14 bits per heavy atom. The van der Waals surface area contributed by atoms with Gasteiger partial charge in [-0.2, -0.15) is 5.26 Å². The second-order valence-corrected chi connectivity index (χ2v) is 7.39. The lowest BCUT2D eigenvalue weighted by molar-refractivity contribution is -0.150. The van der Waals surface area contributed by atoms with Gasteiger partial charge in [-0.05, 0) is 23.6 Å². The molecule has 0 aliphatic heterocycles. The van der Waals surface area contributed by atoms with Crippen LogP contribution in [0, 0.1) is 17.2 Å². The van der Waals surface area contributed by atoms with Crippen LogP contribution in [0.15, 0.2) is 59.5 Å². The number of benzene rings is 2. The molecule has 0 aliphatic carbocycles. The lowest BCUT2D eigenvalue weighted by atomic mass is 9.86. The number of amides is 1. The number of carbonyl (C=O) groups is 2. The van der Waals surface area contributed by atoms with Gasteiger partial charge in [0.15, 0.2) is 6.61 Å². The van der Waals surface area contributed by atoms with Crippen LogP contribution in [-0.4, -0.2) is 24.2 Å². The number of ether oxygens (including phenoxy) is 1. The largest absolute Gasteiger partial charge is 0.455 e. The van der Waals surface area contributed by atoms with Gasteiger partial charge >= 0.3 is 5.97 Å². The van der Waals surface area contributed by atoms with Crippen molar-refractivity contribution >= 4 is 29.3 Å². The third-order valence-corrected chi connectivity index (χ3v) is 5.36. The van der Waals surface area contributed by atoms with Crippen LogP contribution in [0.2, 0.25) is 0 Å². The van der Waals surface area contributed by atoms with Crippen LogP contribution in [0.1, 0.15) is 31.7 Å². The van der Waals surface area contributed by atoms with E-state index in [2.05, 4.69) is 11.4 Å². The van der Waals surface area contributed by atoms with Crippen molar-refractivity contribution in [3.63, 3.8) is 0 Å². The molecule has 0 saturated heterocycles. The fraction of sp³-hybridized carbons (Fsp3) is 0.318. The molecule has 146 valence electrons. The van der Waals surface area contributed by atoms with Gasteiger partial charge in [0.2, 0.25) is 0 Å². The Morgan fingerprint density at radius 2 is 1.82 bits per heavy atom. The number of hydrogen-bond acceptors (Lipinski definition) is 5. The highest BCUT2D eigenvalue weighted by atomic mass is 32.2. The Balaban J connectivity index is 1.99. The third-order valence-electron chi connectivity index (χ3n) is 4.42. The van der Waals surface area contributed by atoms with Crippen LogP contribution < -0.4 is 5.32 Å². The maximum absolute atomic E-state index is 12.7. The molecular formula is C22H24N2O3S. The first-order chi connectivity index (χ1) is 13.6. The van der Waals surface area contributed by atoms with Crippen LogP contribution in [0.3, 0.4) is 0 Å². The van der Waals surface area contributed by atoms with Crippen LogP contribution in [0.25, 0.3) is 0 Å². The third kappa shape index (κ3) is 6.14. The van der Waals surface area contributed by atoms with Crippen molar-refractivity contribution in [1.82, 2.24) is 0 Å². The molecule has 0 saturated carbocycles. The lowest BCUT2D eigenvalue weighted by Crippen LogP contribution is -2.27. The summed E-state index contributed by atoms with van der Waals surface area (Å²) < 4.78 is 5.33. The summed E-state index contributed by atoms with van der Waals surface area (Å²) in [4.78, 5) is 25.7. The summed E-state index contributed by atoms with van der Waals surface area (Å²) in [5, 5.41) is 11.5. The van der Waals surface area contributed by atoms with E-state index < -0.39 is 17.8 Å². The number of nitrogens with one attached hydrogen (secondary N) is 1. The predicted octanol–water partition coefficient (Wildman–Crippen LogP) is 4.61. The van der Waals surface area contributed by atoms with Crippen molar-refractivity contribution in [2.24, 2.45) is 5.92 Å². The first kappa shape index (κ1) is 21.5. The molecule has 2 aromatic carbocycles. The monoisotopic (exact) mass is 396 g/mol. The second kappa shape index (κ2) is 11.2. The van der Waals surface area contributed by atoms with E-state index in [9.17, 15) is 9.59 Å². The van der Waals surface area contributed by atoms with Crippen molar-refractivity contribution in [1.29, 1.82) is 5.26 Å². The van der Waals surface area contributed by atoms with Gasteiger partial charge in [-0.25, -0.2) is 0 Å². The van der Waals surface area contributed by atoms with E-state index in [-0.39, 0.29) is 18.3 Å². The highest BCUT2D eigenvalue weighted by Gasteiger charge is 2.27. The molecule has 1 N–H and O–H groups in total. The average molecular weight is 397 g/mol. The van der Waals surface area contributed by atoms with Gasteiger partial charge in [0.1, 0.15) is 0 Å². The summed E-state index contributed by atoms with van der Waals surface area (Å²) in [5.41, 5.74) is 1.49. The number of thioether (sulfide) groups is 1. The first-order valence-corrected chi connectivity index (χ1v) is 10.2. The minimum absolute atomic E-state index is 0.0982. The van der Waals surface area contributed by atoms with Crippen LogP contribution >= 0.6 is 11.8 Å². The molecule has 0 bridgehead atoms. The molecule has 5 nitrogen and oxygen atoms in total. The average Bonchev–Trinajstić information content (AvgIpc) is 2.72. The number of carbonyl (C=O) groups excluding carboxylic acids is 2. The summed E-state index contributed by atoms with van der Waals surface area (Å²) >= 11 is 1.34. The zero-order valence-corrected chi connectivity index (χ0v) is 16.9. The molecule has 0 aliphatic rings. The number of para-hydroxylation sites is 1. The summed E-state index contributed by atoms with van der Waals surface area (Å²) in [7, 11) is 0. The highest BCUT2D eigenvalue weighted by Crippen LogP contribution is 2.29. The molecule has 6 heteroatoms. The molecule has 0 heterocycles. The maximum atomic E-state index is 12.7. The molecule has 2 atom stereocenters. The quantitative estimate of drug-likeness (QED) is 0.494. The van der Waals surface area contributed by atoms with Crippen LogP contribution in [0.5, 0.6) is 0 Å². The minimum Gasteiger partial charge on any atom is -0.455 e. The fourth-order valence-electron chi connectivity index (χ4n) is 2.81. The Kier molecular flexibility index (Phi) is 8.57. The number of nitrogens with zero attached hydrogens (tertiary/aromatic N) is 1. The van der Waals surface area contributed by atoms with Gasteiger partial charge in [-0.1, -0.05) is 62.7 Å². The zero-order chi connectivity index (χ0) is 20.4. The lowest BCUT2D eigenvalue weighted by Gasteiger charge is -2.21. The molecule has 0 aromatic heterocycles. The van der Waals surface area contributed by atoms with Gasteiger partial charge in [-0.3, -0.25) is 9.59 Å². The molecule has 0 unspecified atom stereocenters. The van der Waals surface area contributed by atoms with E-state index in [0.717, 1.165) is 16.9 Å². The maximum Gasteiger partial charge on any atom is 0.314 e. The van der Waals surface area contributed by atoms with E-state index in [1.54, 1.807) is 12.1 Å². The molecular weight excluding hydrogens is 372 g/mol. The number of nitriles is 1. The van der Waals surface area contributed by atoms with Gasteiger partial charge < -0.3 is 10.1 Å². The minimum atomic E-state index is -0.408. The van der Waals surface area contributed by atoms with Gasteiger partial charge in [-0.15, -0.1) is 11.8 Å². The van der Waals surface area contributed by atoms with Gasteiger partial charge in [0.25, 0.3) is 5.91 Å². The molecule has 2 aromatic rings. The van der Waals surface area contributed by atoms with Crippen molar-refractivity contribution < 1.29 is 14.3 Å². The smallest absolute Gasteiger partial charge is 0.314 e. The molecule has 0 fully saturated rings. The van der Waals surface area contributed by atoms with Crippen LogP contribution in [-0.2, 0) is 14.3 Å². The van der Waals surface area contributed by atoms with E-state index in [1.807, 2.05) is 56.3 Å². The van der Waals surface area contributed by atoms with Crippen molar-refractivity contribution in [2.75, 3.05) is 17.7 Å². The summed E-state index contributed by atoms with van der Waals surface area (Å²) in [5.74, 6) is -0.828. The van der Waals surface area contributed by atoms with Gasteiger partial charge in [0.05, 0.1) is 23.4 Å². The van der Waals surface area contributed by atoms with E-state index in [1.165, 1.54) is 11.8 Å². The number of rotatable bonds is 9. The van der Waals surface area contributed by atoms with E-state index in [0.29, 0.717) is 5.69 Å². The molecule has 0 spiro atoms. The number of hydrogen-bond donors (Lipinski definition) is 1. The number of esters is 1. The van der Waals surface area contributed by atoms with Crippen molar-refractivity contribution in [3.8, 4) is 6.07 Å². The second-order valence-electron chi connectivity index (χ2n) is 6.37. The summed E-state index contributed by atoms with van der Waals surface area (Å²) in [6.45, 7) is 3.67. The van der Waals surface area contributed by atoms with Crippen molar-refractivity contribution in [3.05, 3.63) is 60.2 Å². The Bertz CT molecular complexity index is 833. The predicted molar refractivity (Wildman–Crippen MR) is 111 cm³/mol. The fourth-order valence-corrected chi connectivity index (χ4v) is 3.48. The first-order valence-electron chi connectivity index (χ1n) is 9.17. The SMILES string of the molecule is CC[C@H](C)[C@@H](C(=O)OCC(=O)Nc1ccccc1SCC#N)c1ccccc1. The van der Waals surface area contributed by atoms with E-state index in [4.69, 9.17) is 10.00 Å². The van der Waals surface area contributed by atoms with Crippen molar-refractivity contribution in [2.45, 2.75) is 31.1 Å². The van der Waals surface area contributed by atoms with Crippen LogP contribution in [0.4, 0.5) is 5.69 Å². The summed E-state index contributed by atoms with van der Waals surface area (Å²) in [6.07, 6.45) is 0.824. The standard InChI is InChI=1S/C22H24N2O3S/c1-3-16(2)21(17-9-5-4-6-10-17)22(26)27-15-20(25)24-18-11-7-8-12-19(18)28-14-13-23/h4-12,16,21H,3,14-15H2,1-2H3,(H,24,25)/t16-,21+/m0/s1. The summed E-state index contributed by atoms with van der Waals surface area (Å²) in [6, 6.07) is 18.8. The molecule has 2 rings (SSSR count). The molecule has 28 heavy (non-hydrogen) atoms. The number of anilines is 1. The topological polar surface area (TPSA) is 79.2 Å². The Hall–Kier alpha value is -2.78. The molecule has 1 amide bonds. The zero-order valence-electron chi connectivity index (χ0n) is 16.1. The Morgan fingerprint density at radius 3 is 2.50 bits per heavy atom. The van der Waals surface area contributed by atoms with Gasteiger partial charge in [0, 0.05) is 4.90 Å². The molecule has 0 radical (unpaired) electrons. The normalized spacial score (nSPS) is 12.5. The highest BCUT2D eigenvalue weighted by molar-refractivity contribution is 7.99. The van der Waals surface area contributed by atoms with E-state index >= 15 is 0 Å².